The van der Waals surface area contributed by atoms with Gasteiger partial charge in [0, 0.05) is 12.6 Å². The molecule has 0 aliphatic carbocycles. The second kappa shape index (κ2) is 6.70. The number of carbonyl (C=O) groups is 2. The Morgan fingerprint density at radius 2 is 1.86 bits per heavy atom. The predicted molar refractivity (Wildman–Crippen MR) is 81.0 cm³/mol. The van der Waals surface area contributed by atoms with Crippen molar-refractivity contribution in [3.8, 4) is 0 Å². The summed E-state index contributed by atoms with van der Waals surface area (Å²) in [6.07, 6.45) is 0. The zero-order valence-corrected chi connectivity index (χ0v) is 12.1. The average molecular weight is 283 g/mol. The fourth-order valence-electron chi connectivity index (χ4n) is 1.96. The van der Waals surface area contributed by atoms with E-state index in [2.05, 4.69) is 5.32 Å². The summed E-state index contributed by atoms with van der Waals surface area (Å²) in [7, 11) is 0. The summed E-state index contributed by atoms with van der Waals surface area (Å²) in [5.74, 6) is -0.594. The Kier molecular flexibility index (Phi) is 4.72. The Hall–Kier alpha value is -2.62. The molecule has 0 radical (unpaired) electrons. The Labute approximate surface area is 123 Å². The number of ether oxygens (including phenoxy) is 1. The van der Waals surface area contributed by atoms with Crippen molar-refractivity contribution in [2.75, 3.05) is 5.32 Å². The summed E-state index contributed by atoms with van der Waals surface area (Å²) in [5.41, 5.74) is 3.05. The van der Waals surface area contributed by atoms with E-state index in [1.54, 1.807) is 24.3 Å². The van der Waals surface area contributed by atoms with Crippen molar-refractivity contribution in [3.63, 3.8) is 0 Å². The number of esters is 1. The molecule has 2 aromatic carbocycles. The van der Waals surface area contributed by atoms with Crippen LogP contribution in [0, 0.1) is 6.92 Å². The van der Waals surface area contributed by atoms with Gasteiger partial charge in [0.15, 0.2) is 0 Å². The Bertz CT molecular complexity index is 665. The van der Waals surface area contributed by atoms with Gasteiger partial charge in [-0.3, -0.25) is 4.79 Å². The third kappa shape index (κ3) is 4.45. The molecular weight excluding hydrogens is 266 g/mol. The average Bonchev–Trinajstić information content (AvgIpc) is 2.44. The van der Waals surface area contributed by atoms with E-state index >= 15 is 0 Å². The highest BCUT2D eigenvalue weighted by atomic mass is 16.5. The number of rotatable bonds is 4. The summed E-state index contributed by atoms with van der Waals surface area (Å²) in [6.45, 7) is 3.63. The molecule has 108 valence electrons. The quantitative estimate of drug-likeness (QED) is 0.876. The maximum absolute atomic E-state index is 12.0. The first-order valence-corrected chi connectivity index (χ1v) is 6.65. The molecule has 0 fully saturated rings. The van der Waals surface area contributed by atoms with Crippen molar-refractivity contribution in [3.05, 3.63) is 65.2 Å². The Balaban J connectivity index is 2.01. The van der Waals surface area contributed by atoms with Crippen molar-refractivity contribution < 1.29 is 14.3 Å². The predicted octanol–water partition coefficient (Wildman–Crippen LogP) is 3.31. The molecule has 0 spiro atoms. The molecule has 2 rings (SSSR count). The molecule has 0 saturated heterocycles. The van der Waals surface area contributed by atoms with E-state index in [0.717, 1.165) is 11.1 Å². The van der Waals surface area contributed by atoms with Crippen LogP contribution in [0.2, 0.25) is 0 Å². The van der Waals surface area contributed by atoms with E-state index in [4.69, 9.17) is 4.74 Å². The summed E-state index contributed by atoms with van der Waals surface area (Å²) in [5, 5.41) is 2.63. The standard InChI is InChI=1S/C17H17NO3/c1-12-5-3-6-14(9-12)11-21-17(20)15-7-4-8-16(10-15)18-13(2)19/h3-10H,11H2,1-2H3,(H,18,19). The molecule has 2 aromatic rings. The summed E-state index contributed by atoms with van der Waals surface area (Å²) < 4.78 is 5.28. The first kappa shape index (κ1) is 14.8. The minimum absolute atomic E-state index is 0.180. The van der Waals surface area contributed by atoms with Crippen LogP contribution < -0.4 is 5.32 Å². The molecule has 0 aliphatic heterocycles. The minimum Gasteiger partial charge on any atom is -0.457 e. The number of carbonyl (C=O) groups excluding carboxylic acids is 2. The lowest BCUT2D eigenvalue weighted by atomic mass is 10.1. The zero-order valence-electron chi connectivity index (χ0n) is 12.1. The van der Waals surface area contributed by atoms with Gasteiger partial charge in [0.05, 0.1) is 5.56 Å². The highest BCUT2D eigenvalue weighted by Crippen LogP contribution is 2.13. The second-order valence-corrected chi connectivity index (χ2v) is 4.83. The van der Waals surface area contributed by atoms with Gasteiger partial charge in [-0.25, -0.2) is 4.79 Å². The van der Waals surface area contributed by atoms with Gasteiger partial charge in [-0.05, 0) is 30.7 Å². The highest BCUT2D eigenvalue weighted by molar-refractivity contribution is 5.93. The van der Waals surface area contributed by atoms with E-state index < -0.39 is 5.97 Å². The van der Waals surface area contributed by atoms with Gasteiger partial charge >= 0.3 is 5.97 Å². The fraction of sp³-hybridized carbons (Fsp3) is 0.176. The summed E-state index contributed by atoms with van der Waals surface area (Å²) in [6, 6.07) is 14.5. The van der Waals surface area contributed by atoms with E-state index in [0.29, 0.717) is 11.3 Å². The van der Waals surface area contributed by atoms with Crippen LogP contribution in [-0.2, 0) is 16.1 Å². The Morgan fingerprint density at radius 3 is 2.57 bits per heavy atom. The van der Waals surface area contributed by atoms with Crippen molar-refractivity contribution in [1.82, 2.24) is 0 Å². The fourth-order valence-corrected chi connectivity index (χ4v) is 1.96. The second-order valence-electron chi connectivity index (χ2n) is 4.83. The van der Waals surface area contributed by atoms with Crippen LogP contribution in [0.5, 0.6) is 0 Å². The number of amides is 1. The molecule has 0 heterocycles. The topological polar surface area (TPSA) is 55.4 Å². The molecule has 4 heteroatoms. The van der Waals surface area contributed by atoms with E-state index in [1.807, 2.05) is 31.2 Å². The van der Waals surface area contributed by atoms with Crippen LogP contribution in [-0.4, -0.2) is 11.9 Å². The molecule has 1 N–H and O–H groups in total. The number of hydrogen-bond acceptors (Lipinski definition) is 3. The lowest BCUT2D eigenvalue weighted by molar-refractivity contribution is -0.114. The van der Waals surface area contributed by atoms with Crippen LogP contribution >= 0.6 is 0 Å². The van der Waals surface area contributed by atoms with Crippen molar-refractivity contribution in [1.29, 1.82) is 0 Å². The molecule has 0 unspecified atom stereocenters. The van der Waals surface area contributed by atoms with E-state index in [-0.39, 0.29) is 12.5 Å². The lowest BCUT2D eigenvalue weighted by Gasteiger charge is -2.07. The van der Waals surface area contributed by atoms with Gasteiger partial charge in [-0.15, -0.1) is 0 Å². The third-order valence-electron chi connectivity index (χ3n) is 2.87. The minimum atomic E-state index is -0.413. The lowest BCUT2D eigenvalue weighted by Crippen LogP contribution is -2.08. The van der Waals surface area contributed by atoms with Gasteiger partial charge in [-0.1, -0.05) is 35.9 Å². The van der Waals surface area contributed by atoms with Crippen LogP contribution in [0.25, 0.3) is 0 Å². The van der Waals surface area contributed by atoms with E-state index in [1.165, 1.54) is 6.92 Å². The number of anilines is 1. The third-order valence-corrected chi connectivity index (χ3v) is 2.87. The SMILES string of the molecule is CC(=O)Nc1cccc(C(=O)OCc2cccc(C)c2)c1. The molecule has 0 saturated carbocycles. The molecule has 21 heavy (non-hydrogen) atoms. The summed E-state index contributed by atoms with van der Waals surface area (Å²) in [4.78, 5) is 23.0. The van der Waals surface area contributed by atoms with Gasteiger partial charge < -0.3 is 10.1 Å². The highest BCUT2D eigenvalue weighted by Gasteiger charge is 2.08. The van der Waals surface area contributed by atoms with Gasteiger partial charge in [0.1, 0.15) is 6.61 Å². The van der Waals surface area contributed by atoms with Gasteiger partial charge in [0.2, 0.25) is 5.91 Å². The number of aryl methyl sites for hydroxylation is 1. The number of benzene rings is 2. The van der Waals surface area contributed by atoms with E-state index in [9.17, 15) is 9.59 Å². The molecule has 0 aromatic heterocycles. The smallest absolute Gasteiger partial charge is 0.338 e. The van der Waals surface area contributed by atoms with Crippen LogP contribution in [0.4, 0.5) is 5.69 Å². The van der Waals surface area contributed by atoms with Crippen molar-refractivity contribution in [2.24, 2.45) is 0 Å². The van der Waals surface area contributed by atoms with Crippen molar-refractivity contribution in [2.45, 2.75) is 20.5 Å². The van der Waals surface area contributed by atoms with Crippen LogP contribution in [0.3, 0.4) is 0 Å². The molecule has 0 atom stereocenters. The maximum atomic E-state index is 12.0. The van der Waals surface area contributed by atoms with Crippen LogP contribution in [0.1, 0.15) is 28.4 Å². The largest absolute Gasteiger partial charge is 0.457 e. The van der Waals surface area contributed by atoms with Gasteiger partial charge in [-0.2, -0.15) is 0 Å². The van der Waals surface area contributed by atoms with Crippen molar-refractivity contribution >= 4 is 17.6 Å². The first-order valence-electron chi connectivity index (χ1n) is 6.65. The molecular formula is C17H17NO3. The summed E-state index contributed by atoms with van der Waals surface area (Å²) >= 11 is 0. The van der Waals surface area contributed by atoms with Gasteiger partial charge in [0.25, 0.3) is 0 Å². The number of hydrogen-bond donors (Lipinski definition) is 1. The normalized spacial score (nSPS) is 10.0. The molecule has 1 amide bonds. The molecule has 0 bridgehead atoms. The van der Waals surface area contributed by atoms with Crippen LogP contribution in [0.15, 0.2) is 48.5 Å². The monoisotopic (exact) mass is 283 g/mol. The molecule has 4 nitrogen and oxygen atoms in total. The Morgan fingerprint density at radius 1 is 1.10 bits per heavy atom. The molecule has 0 aliphatic rings. The zero-order chi connectivity index (χ0) is 15.2. The maximum Gasteiger partial charge on any atom is 0.338 e. The number of nitrogens with one attached hydrogen (secondary N) is 1. The first-order chi connectivity index (χ1) is 10.0.